The minimum atomic E-state index is -0.281. The second-order valence-electron chi connectivity index (χ2n) is 6.49. The van der Waals surface area contributed by atoms with E-state index in [9.17, 15) is 4.79 Å². The van der Waals surface area contributed by atoms with E-state index in [-0.39, 0.29) is 11.7 Å². The number of carbonyl (C=O) groups is 1. The first kappa shape index (κ1) is 17.6. The van der Waals surface area contributed by atoms with Crippen molar-refractivity contribution in [2.24, 2.45) is 0 Å². The van der Waals surface area contributed by atoms with Gasteiger partial charge in [-0.05, 0) is 29.8 Å². The average Bonchev–Trinajstić information content (AvgIpc) is 3.16. The maximum Gasteiger partial charge on any atom is 0.291 e. The zero-order valence-corrected chi connectivity index (χ0v) is 15.2. The molecule has 3 aromatic rings. The Hall–Kier alpha value is -2.83. The van der Waals surface area contributed by atoms with Gasteiger partial charge < -0.3 is 19.2 Å². The van der Waals surface area contributed by atoms with Crippen molar-refractivity contribution >= 4 is 22.6 Å². The van der Waals surface area contributed by atoms with Gasteiger partial charge in [0.2, 0.25) is 0 Å². The number of benzene rings is 2. The van der Waals surface area contributed by atoms with Gasteiger partial charge in [-0.2, -0.15) is 0 Å². The predicted molar refractivity (Wildman–Crippen MR) is 103 cm³/mol. The maximum absolute atomic E-state index is 12.6. The molecule has 0 saturated carbocycles. The number of nitrogens with zero attached hydrogens (tertiary/aromatic N) is 1. The summed E-state index contributed by atoms with van der Waals surface area (Å²) in [5, 5.41) is 3.76. The lowest BCUT2D eigenvalue weighted by Crippen LogP contribution is -2.35. The van der Waals surface area contributed by atoms with Crippen LogP contribution in [0.2, 0.25) is 0 Å². The van der Waals surface area contributed by atoms with Gasteiger partial charge >= 0.3 is 0 Å². The molecule has 4 rings (SSSR count). The molecule has 0 radical (unpaired) electrons. The Kier molecular flexibility index (Phi) is 5.09. The standard InChI is InChI=1S/C21H22N2O4/c1-25-18-8-7-15(14-23-9-11-26-12-10-23)17-13-19(27-20(17)18)21(24)22-16-5-3-2-4-6-16/h2-8,13H,9-12,14H2,1H3,(H,22,24). The predicted octanol–water partition coefficient (Wildman–Crippen LogP) is 3.53. The summed E-state index contributed by atoms with van der Waals surface area (Å²) in [5.41, 5.74) is 2.43. The van der Waals surface area contributed by atoms with Crippen molar-refractivity contribution in [2.75, 3.05) is 38.7 Å². The summed E-state index contributed by atoms with van der Waals surface area (Å²) in [6, 6.07) is 15.0. The van der Waals surface area contributed by atoms with Crippen LogP contribution < -0.4 is 10.1 Å². The van der Waals surface area contributed by atoms with E-state index in [1.54, 1.807) is 13.2 Å². The largest absolute Gasteiger partial charge is 0.493 e. The molecule has 1 N–H and O–H groups in total. The fourth-order valence-electron chi connectivity index (χ4n) is 3.28. The molecule has 1 amide bonds. The molecule has 1 fully saturated rings. The number of morpholine rings is 1. The third-order valence-corrected chi connectivity index (χ3v) is 4.71. The molecule has 0 aliphatic carbocycles. The molecule has 0 atom stereocenters. The number of fused-ring (bicyclic) bond motifs is 1. The van der Waals surface area contributed by atoms with Crippen molar-refractivity contribution in [3.8, 4) is 5.75 Å². The van der Waals surface area contributed by atoms with E-state index < -0.39 is 0 Å². The van der Waals surface area contributed by atoms with Gasteiger partial charge in [-0.3, -0.25) is 9.69 Å². The van der Waals surface area contributed by atoms with Gasteiger partial charge in [-0.1, -0.05) is 24.3 Å². The zero-order chi connectivity index (χ0) is 18.6. The lowest BCUT2D eigenvalue weighted by molar-refractivity contribution is 0.0343. The second kappa shape index (κ2) is 7.82. The Morgan fingerprint density at radius 2 is 1.93 bits per heavy atom. The number of furan rings is 1. The summed E-state index contributed by atoms with van der Waals surface area (Å²) >= 11 is 0. The van der Waals surface area contributed by atoms with E-state index in [2.05, 4.69) is 10.2 Å². The van der Waals surface area contributed by atoms with Crippen LogP contribution in [0.4, 0.5) is 5.69 Å². The first-order valence-corrected chi connectivity index (χ1v) is 9.00. The number of hydrogen-bond acceptors (Lipinski definition) is 5. The zero-order valence-electron chi connectivity index (χ0n) is 15.2. The Morgan fingerprint density at radius 1 is 1.15 bits per heavy atom. The molecule has 6 heteroatoms. The number of amides is 1. The first-order valence-electron chi connectivity index (χ1n) is 9.00. The van der Waals surface area contributed by atoms with Gasteiger partial charge in [-0.25, -0.2) is 0 Å². The van der Waals surface area contributed by atoms with Crippen LogP contribution >= 0.6 is 0 Å². The van der Waals surface area contributed by atoms with Crippen LogP contribution in [0, 0.1) is 0 Å². The number of anilines is 1. The molecule has 0 unspecified atom stereocenters. The number of ether oxygens (including phenoxy) is 2. The van der Waals surface area contributed by atoms with Crippen LogP contribution in [0.1, 0.15) is 16.1 Å². The summed E-state index contributed by atoms with van der Waals surface area (Å²) in [4.78, 5) is 14.9. The fourth-order valence-corrected chi connectivity index (χ4v) is 3.28. The Bertz CT molecular complexity index is 930. The van der Waals surface area contributed by atoms with E-state index in [0.29, 0.717) is 11.3 Å². The quantitative estimate of drug-likeness (QED) is 0.748. The van der Waals surface area contributed by atoms with Gasteiger partial charge in [0.05, 0.1) is 20.3 Å². The maximum atomic E-state index is 12.6. The molecule has 6 nitrogen and oxygen atoms in total. The highest BCUT2D eigenvalue weighted by atomic mass is 16.5. The van der Waals surface area contributed by atoms with Crippen LogP contribution in [-0.2, 0) is 11.3 Å². The number of nitrogens with one attached hydrogen (secondary N) is 1. The highest BCUT2D eigenvalue weighted by Gasteiger charge is 2.19. The van der Waals surface area contributed by atoms with Crippen molar-refractivity contribution in [2.45, 2.75) is 6.54 Å². The van der Waals surface area contributed by atoms with Crippen molar-refractivity contribution in [1.82, 2.24) is 4.90 Å². The summed E-state index contributed by atoms with van der Waals surface area (Å²) < 4.78 is 16.7. The normalized spacial score (nSPS) is 15.0. The average molecular weight is 366 g/mol. The molecule has 2 aromatic carbocycles. The summed E-state index contributed by atoms with van der Waals surface area (Å²) in [7, 11) is 1.60. The highest BCUT2D eigenvalue weighted by molar-refractivity contribution is 6.05. The van der Waals surface area contributed by atoms with Gasteiger partial charge in [0.25, 0.3) is 5.91 Å². The number of hydrogen-bond donors (Lipinski definition) is 1. The van der Waals surface area contributed by atoms with E-state index in [1.807, 2.05) is 42.5 Å². The van der Waals surface area contributed by atoms with E-state index in [4.69, 9.17) is 13.9 Å². The topological polar surface area (TPSA) is 63.9 Å². The molecule has 1 aliphatic heterocycles. The van der Waals surface area contributed by atoms with Crippen LogP contribution in [0.5, 0.6) is 5.75 Å². The lowest BCUT2D eigenvalue weighted by atomic mass is 10.1. The van der Waals surface area contributed by atoms with Crippen LogP contribution in [0.25, 0.3) is 11.0 Å². The third-order valence-electron chi connectivity index (χ3n) is 4.71. The molecule has 27 heavy (non-hydrogen) atoms. The van der Waals surface area contributed by atoms with Gasteiger partial charge in [0.1, 0.15) is 0 Å². The van der Waals surface area contributed by atoms with Gasteiger partial charge in [0, 0.05) is 30.7 Å². The Labute approximate surface area is 157 Å². The Morgan fingerprint density at radius 3 is 2.67 bits per heavy atom. The van der Waals surface area contributed by atoms with Crippen molar-refractivity contribution in [1.29, 1.82) is 0 Å². The number of carbonyl (C=O) groups excluding carboxylic acids is 1. The molecular formula is C21H22N2O4. The lowest BCUT2D eigenvalue weighted by Gasteiger charge is -2.26. The minimum absolute atomic E-state index is 0.265. The van der Waals surface area contributed by atoms with Crippen LogP contribution in [-0.4, -0.2) is 44.2 Å². The molecule has 1 aliphatic rings. The molecule has 1 aromatic heterocycles. The van der Waals surface area contributed by atoms with Crippen molar-refractivity contribution in [3.05, 3.63) is 59.9 Å². The molecule has 1 saturated heterocycles. The Balaban J connectivity index is 1.64. The molecule has 0 bridgehead atoms. The highest BCUT2D eigenvalue weighted by Crippen LogP contribution is 2.32. The summed E-state index contributed by atoms with van der Waals surface area (Å²) in [6.45, 7) is 4.06. The molecule has 2 heterocycles. The van der Waals surface area contributed by atoms with Gasteiger partial charge in [-0.15, -0.1) is 0 Å². The number of rotatable bonds is 5. The fraction of sp³-hybridized carbons (Fsp3) is 0.286. The second-order valence-corrected chi connectivity index (χ2v) is 6.49. The summed E-state index contributed by atoms with van der Waals surface area (Å²) in [6.07, 6.45) is 0. The van der Waals surface area contributed by atoms with Crippen LogP contribution in [0.15, 0.2) is 52.9 Å². The number of para-hydroxylation sites is 1. The SMILES string of the molecule is COc1ccc(CN2CCOCC2)c2cc(C(=O)Nc3ccccc3)oc12. The van der Waals surface area contributed by atoms with E-state index in [1.165, 1.54) is 0 Å². The van der Waals surface area contributed by atoms with Crippen LogP contribution in [0.3, 0.4) is 0 Å². The van der Waals surface area contributed by atoms with E-state index in [0.717, 1.165) is 49.5 Å². The minimum Gasteiger partial charge on any atom is -0.493 e. The monoisotopic (exact) mass is 366 g/mol. The third kappa shape index (κ3) is 3.82. The van der Waals surface area contributed by atoms with Crippen molar-refractivity contribution in [3.63, 3.8) is 0 Å². The first-order chi connectivity index (χ1) is 13.2. The van der Waals surface area contributed by atoms with Crippen molar-refractivity contribution < 1.29 is 18.7 Å². The molecule has 0 spiro atoms. The van der Waals surface area contributed by atoms with E-state index >= 15 is 0 Å². The summed E-state index contributed by atoms with van der Waals surface area (Å²) in [5.74, 6) is 0.604. The van der Waals surface area contributed by atoms with Gasteiger partial charge in [0.15, 0.2) is 17.1 Å². The molecular weight excluding hydrogens is 344 g/mol. The number of methoxy groups -OCH3 is 1. The molecule has 140 valence electrons. The smallest absolute Gasteiger partial charge is 0.291 e.